The molecule has 7 nitrogen and oxygen atoms in total. The molecule has 24 heavy (non-hydrogen) atoms. The van der Waals surface area contributed by atoms with E-state index in [4.69, 9.17) is 4.74 Å². The van der Waals surface area contributed by atoms with Crippen LogP contribution in [0.5, 0.6) is 0 Å². The van der Waals surface area contributed by atoms with Crippen molar-refractivity contribution in [2.45, 2.75) is 31.1 Å². The second-order valence-corrected chi connectivity index (χ2v) is 7.10. The first-order valence-corrected chi connectivity index (χ1v) is 8.52. The molecule has 1 atom stereocenters. The zero-order valence-electron chi connectivity index (χ0n) is 12.9. The SMILES string of the molecule is Cc1c(C(=O)NC2=NNC(C)O2)ccc(C(F)(F)F)c1S(C)(=O)=O. The Hall–Kier alpha value is -2.30. The van der Waals surface area contributed by atoms with Crippen LogP contribution in [0, 0.1) is 6.92 Å². The number of halogens is 3. The van der Waals surface area contributed by atoms with Crippen molar-refractivity contribution in [1.29, 1.82) is 0 Å². The third-order valence-electron chi connectivity index (χ3n) is 3.18. The van der Waals surface area contributed by atoms with E-state index in [9.17, 15) is 26.4 Å². The van der Waals surface area contributed by atoms with Crippen LogP contribution in [0.2, 0.25) is 0 Å². The van der Waals surface area contributed by atoms with E-state index in [0.29, 0.717) is 12.3 Å². The molecule has 1 amide bonds. The van der Waals surface area contributed by atoms with Gasteiger partial charge in [0.2, 0.25) is 0 Å². The summed E-state index contributed by atoms with van der Waals surface area (Å²) >= 11 is 0. The third-order valence-corrected chi connectivity index (χ3v) is 4.45. The Morgan fingerprint density at radius 1 is 1.38 bits per heavy atom. The van der Waals surface area contributed by atoms with E-state index < -0.39 is 38.6 Å². The lowest BCUT2D eigenvalue weighted by Crippen LogP contribution is -2.32. The molecule has 0 aromatic heterocycles. The molecule has 0 aliphatic carbocycles. The molecule has 0 saturated heterocycles. The number of sulfone groups is 1. The summed E-state index contributed by atoms with van der Waals surface area (Å²) < 4.78 is 67.8. The number of nitrogens with one attached hydrogen (secondary N) is 2. The number of amides is 1. The Morgan fingerprint density at radius 3 is 2.46 bits per heavy atom. The third kappa shape index (κ3) is 3.61. The second kappa shape index (κ2) is 5.96. The lowest BCUT2D eigenvalue weighted by atomic mass is 10.0. The minimum Gasteiger partial charge on any atom is -0.439 e. The van der Waals surface area contributed by atoms with Crippen molar-refractivity contribution in [3.8, 4) is 0 Å². The molecule has 0 radical (unpaired) electrons. The molecule has 0 spiro atoms. The molecule has 0 fully saturated rings. The number of hydrogen-bond acceptors (Lipinski definition) is 6. The lowest BCUT2D eigenvalue weighted by molar-refractivity contribution is -0.139. The quantitative estimate of drug-likeness (QED) is 0.825. The number of benzene rings is 1. The number of carbonyl (C=O) groups is 1. The van der Waals surface area contributed by atoms with E-state index in [0.717, 1.165) is 13.0 Å². The maximum Gasteiger partial charge on any atom is 0.417 e. The van der Waals surface area contributed by atoms with Gasteiger partial charge in [0.1, 0.15) is 0 Å². The number of carbonyl (C=O) groups excluding carboxylic acids is 1. The number of nitrogens with zero attached hydrogens (tertiary/aromatic N) is 1. The van der Waals surface area contributed by atoms with E-state index in [-0.39, 0.29) is 17.1 Å². The van der Waals surface area contributed by atoms with Gasteiger partial charge in [0, 0.05) is 11.8 Å². The molecule has 1 aromatic rings. The molecule has 1 aliphatic rings. The normalized spacial score (nSPS) is 17.8. The zero-order valence-corrected chi connectivity index (χ0v) is 13.7. The predicted molar refractivity (Wildman–Crippen MR) is 77.9 cm³/mol. The highest BCUT2D eigenvalue weighted by Crippen LogP contribution is 2.36. The summed E-state index contributed by atoms with van der Waals surface area (Å²) in [4.78, 5) is 11.3. The smallest absolute Gasteiger partial charge is 0.417 e. The number of alkyl halides is 3. The van der Waals surface area contributed by atoms with E-state index in [1.165, 1.54) is 0 Å². The fourth-order valence-corrected chi connectivity index (χ4v) is 3.48. The van der Waals surface area contributed by atoms with Crippen molar-refractivity contribution >= 4 is 21.8 Å². The molecule has 0 bridgehead atoms. The van der Waals surface area contributed by atoms with Crippen LogP contribution in [-0.2, 0) is 20.8 Å². The summed E-state index contributed by atoms with van der Waals surface area (Å²) in [6.07, 6.45) is -4.68. The van der Waals surface area contributed by atoms with Gasteiger partial charge < -0.3 is 4.74 Å². The highest BCUT2D eigenvalue weighted by molar-refractivity contribution is 7.90. The fourth-order valence-electron chi connectivity index (χ4n) is 2.23. The van der Waals surface area contributed by atoms with E-state index in [1.54, 1.807) is 6.92 Å². The van der Waals surface area contributed by atoms with Crippen LogP contribution >= 0.6 is 0 Å². The van der Waals surface area contributed by atoms with Gasteiger partial charge >= 0.3 is 12.2 Å². The largest absolute Gasteiger partial charge is 0.439 e. The molecule has 1 aliphatic heterocycles. The number of ether oxygens (including phenoxy) is 1. The van der Waals surface area contributed by atoms with Crippen LogP contribution in [0.25, 0.3) is 0 Å². The maximum atomic E-state index is 13.0. The van der Waals surface area contributed by atoms with Crippen molar-refractivity contribution in [3.63, 3.8) is 0 Å². The van der Waals surface area contributed by atoms with Crippen molar-refractivity contribution in [2.75, 3.05) is 6.26 Å². The average molecular weight is 365 g/mol. The second-order valence-electron chi connectivity index (χ2n) is 5.14. The topological polar surface area (TPSA) is 96.9 Å². The van der Waals surface area contributed by atoms with E-state index >= 15 is 0 Å². The highest BCUT2D eigenvalue weighted by atomic mass is 32.2. The fraction of sp³-hybridized carbons (Fsp3) is 0.385. The summed E-state index contributed by atoms with van der Waals surface area (Å²) in [5.74, 6) is -0.833. The molecule has 1 aromatic carbocycles. The van der Waals surface area contributed by atoms with Crippen molar-refractivity contribution in [2.24, 2.45) is 5.10 Å². The first kappa shape index (κ1) is 18.0. The summed E-state index contributed by atoms with van der Waals surface area (Å²) in [5.41, 5.74) is 0.667. The first-order chi connectivity index (χ1) is 10.9. The monoisotopic (exact) mass is 365 g/mol. The summed E-state index contributed by atoms with van der Waals surface area (Å²) in [5, 5.41) is 5.91. The minimum absolute atomic E-state index is 0.160. The zero-order chi connectivity index (χ0) is 18.3. The van der Waals surface area contributed by atoms with Gasteiger partial charge in [-0.3, -0.25) is 15.5 Å². The van der Waals surface area contributed by atoms with Gasteiger partial charge in [0.15, 0.2) is 16.1 Å². The van der Waals surface area contributed by atoms with Gasteiger partial charge in [-0.2, -0.15) is 13.2 Å². The molecule has 1 unspecified atom stereocenters. The standard InChI is InChI=1S/C13H14F3N3O4S/c1-6-8(11(20)17-12-19-18-7(2)23-12)4-5-9(13(14,15)16)10(6)24(3,21)22/h4-5,7,18H,1-3H3,(H,17,19,20). The van der Waals surface area contributed by atoms with Crippen molar-refractivity contribution in [3.05, 3.63) is 28.8 Å². The Morgan fingerprint density at radius 2 is 2.00 bits per heavy atom. The molecule has 132 valence electrons. The number of amidine groups is 1. The number of hydrazone groups is 1. The minimum atomic E-state index is -4.86. The molecule has 11 heteroatoms. The van der Waals surface area contributed by atoms with Gasteiger partial charge in [-0.15, -0.1) is 5.10 Å². The van der Waals surface area contributed by atoms with Crippen LogP contribution in [-0.4, -0.2) is 32.8 Å². The maximum absolute atomic E-state index is 13.0. The molecule has 1 heterocycles. The van der Waals surface area contributed by atoms with Crippen LogP contribution in [0.1, 0.15) is 28.4 Å². The van der Waals surface area contributed by atoms with Crippen molar-refractivity contribution < 1.29 is 31.1 Å². The van der Waals surface area contributed by atoms with Gasteiger partial charge in [0.05, 0.1) is 10.5 Å². The average Bonchev–Trinajstić information content (AvgIpc) is 2.80. The first-order valence-electron chi connectivity index (χ1n) is 6.63. The van der Waals surface area contributed by atoms with Gasteiger partial charge in [-0.05, 0) is 31.5 Å². The van der Waals surface area contributed by atoms with Gasteiger partial charge in [0.25, 0.3) is 5.91 Å². The van der Waals surface area contributed by atoms with Crippen LogP contribution in [0.4, 0.5) is 13.2 Å². The Bertz CT molecular complexity index is 818. The van der Waals surface area contributed by atoms with Gasteiger partial charge in [-0.25, -0.2) is 8.42 Å². The Kier molecular flexibility index (Phi) is 4.48. The summed E-state index contributed by atoms with van der Waals surface area (Å²) in [6.45, 7) is 2.76. The Labute approximate surface area is 135 Å². The molecule has 2 rings (SSSR count). The van der Waals surface area contributed by atoms with E-state index in [2.05, 4.69) is 15.8 Å². The molecular weight excluding hydrogens is 351 g/mol. The molecule has 0 saturated carbocycles. The number of rotatable bonds is 2. The van der Waals surface area contributed by atoms with Crippen molar-refractivity contribution in [1.82, 2.24) is 10.7 Å². The van der Waals surface area contributed by atoms with Crippen LogP contribution in [0.3, 0.4) is 0 Å². The van der Waals surface area contributed by atoms with Gasteiger partial charge in [-0.1, -0.05) is 0 Å². The predicted octanol–water partition coefficient (Wildman–Crippen LogP) is 1.38. The lowest BCUT2D eigenvalue weighted by Gasteiger charge is -2.16. The Balaban J connectivity index is 2.48. The number of hydrogen-bond donors (Lipinski definition) is 2. The van der Waals surface area contributed by atoms with Crippen LogP contribution in [0.15, 0.2) is 22.1 Å². The summed E-state index contributed by atoms with van der Waals surface area (Å²) in [7, 11) is -4.21. The highest BCUT2D eigenvalue weighted by Gasteiger charge is 2.38. The van der Waals surface area contributed by atoms with E-state index in [1.807, 2.05) is 0 Å². The summed E-state index contributed by atoms with van der Waals surface area (Å²) in [6, 6.07) is 1.32. The molecular formula is C13H14F3N3O4S. The van der Waals surface area contributed by atoms with Crippen LogP contribution < -0.4 is 10.7 Å². The molecule has 2 N–H and O–H groups in total.